The third kappa shape index (κ3) is 2.77. The van der Waals surface area contributed by atoms with E-state index in [2.05, 4.69) is 5.10 Å². The summed E-state index contributed by atoms with van der Waals surface area (Å²) < 4.78 is 6.89. The van der Waals surface area contributed by atoms with Gasteiger partial charge in [0.1, 0.15) is 6.29 Å². The Bertz CT molecular complexity index is 912. The average Bonchev–Trinajstić information content (AvgIpc) is 2.98. The van der Waals surface area contributed by atoms with Crippen molar-refractivity contribution in [3.8, 4) is 0 Å². The number of carbonyl (C=O) groups excluding carboxylic acids is 2. The number of hydrogen-bond acceptors (Lipinski definition) is 4. The van der Waals surface area contributed by atoms with E-state index in [1.807, 2.05) is 44.3 Å². The quantitative estimate of drug-likeness (QED) is 0.529. The lowest BCUT2D eigenvalue weighted by Gasteiger charge is -2.19. The maximum Gasteiger partial charge on any atom is 0.331 e. The van der Waals surface area contributed by atoms with E-state index in [9.17, 15) is 9.59 Å². The van der Waals surface area contributed by atoms with Gasteiger partial charge < -0.3 is 4.74 Å². The van der Waals surface area contributed by atoms with Crippen LogP contribution in [0.5, 0.6) is 0 Å². The van der Waals surface area contributed by atoms with Crippen molar-refractivity contribution in [1.82, 2.24) is 9.78 Å². The zero-order valence-corrected chi connectivity index (χ0v) is 14.0. The minimum Gasteiger partial charge on any atom is -0.464 e. The molecule has 2 aromatic carbocycles. The van der Waals surface area contributed by atoms with E-state index in [4.69, 9.17) is 4.74 Å². The fourth-order valence-electron chi connectivity index (χ4n) is 3.00. The summed E-state index contributed by atoms with van der Waals surface area (Å²) in [7, 11) is 0. The Morgan fingerprint density at radius 3 is 2.71 bits per heavy atom. The van der Waals surface area contributed by atoms with Crippen LogP contribution in [0.1, 0.15) is 37.2 Å². The van der Waals surface area contributed by atoms with Gasteiger partial charge in [-0.3, -0.25) is 9.48 Å². The monoisotopic (exact) mass is 324 g/mol. The molecule has 0 amide bonds. The molecule has 0 fully saturated rings. The molecule has 0 saturated carbocycles. The van der Waals surface area contributed by atoms with Crippen LogP contribution in [0, 0.1) is 5.92 Å². The van der Waals surface area contributed by atoms with Crippen LogP contribution >= 0.6 is 0 Å². The Balaban J connectivity index is 2.14. The topological polar surface area (TPSA) is 61.2 Å². The number of ether oxygens (including phenoxy) is 1. The molecule has 1 unspecified atom stereocenters. The molecule has 0 aliphatic carbocycles. The second kappa shape index (κ2) is 6.43. The van der Waals surface area contributed by atoms with Crippen LogP contribution in [0.3, 0.4) is 0 Å². The third-order valence-corrected chi connectivity index (χ3v) is 4.13. The SMILES string of the molecule is CCOC(=O)C(C(C)C)n1cc2c(ccc3cc(C=O)ccc32)n1. The maximum atomic E-state index is 12.3. The van der Waals surface area contributed by atoms with Gasteiger partial charge >= 0.3 is 5.97 Å². The normalized spacial score (nSPS) is 12.7. The number of aromatic nitrogens is 2. The molecule has 5 nitrogen and oxygen atoms in total. The van der Waals surface area contributed by atoms with Gasteiger partial charge in [-0.25, -0.2) is 4.79 Å². The van der Waals surface area contributed by atoms with Gasteiger partial charge in [0.25, 0.3) is 0 Å². The largest absolute Gasteiger partial charge is 0.464 e. The first-order chi connectivity index (χ1) is 11.5. The number of fused-ring (bicyclic) bond motifs is 3. The Morgan fingerprint density at radius 1 is 1.25 bits per heavy atom. The Morgan fingerprint density at radius 2 is 2.04 bits per heavy atom. The molecule has 3 rings (SSSR count). The van der Waals surface area contributed by atoms with Crippen molar-refractivity contribution in [3.63, 3.8) is 0 Å². The maximum absolute atomic E-state index is 12.3. The molecule has 24 heavy (non-hydrogen) atoms. The summed E-state index contributed by atoms with van der Waals surface area (Å²) in [6, 6.07) is 8.95. The minimum atomic E-state index is -0.457. The number of aldehydes is 1. The van der Waals surface area contributed by atoms with Crippen LogP contribution in [-0.2, 0) is 9.53 Å². The van der Waals surface area contributed by atoms with Crippen molar-refractivity contribution < 1.29 is 14.3 Å². The molecule has 0 radical (unpaired) electrons. The predicted molar refractivity (Wildman–Crippen MR) is 93.1 cm³/mol. The summed E-state index contributed by atoms with van der Waals surface area (Å²) in [5.41, 5.74) is 1.46. The van der Waals surface area contributed by atoms with E-state index in [0.717, 1.165) is 28.0 Å². The van der Waals surface area contributed by atoms with E-state index in [1.54, 1.807) is 17.7 Å². The second-order valence-corrected chi connectivity index (χ2v) is 6.15. The molecule has 0 aliphatic rings. The lowest BCUT2D eigenvalue weighted by atomic mass is 10.0. The van der Waals surface area contributed by atoms with Crippen LogP contribution in [0.15, 0.2) is 36.5 Å². The lowest BCUT2D eigenvalue weighted by molar-refractivity contribution is -0.148. The summed E-state index contributed by atoms with van der Waals surface area (Å²) in [6.45, 7) is 6.10. The van der Waals surface area contributed by atoms with Crippen molar-refractivity contribution in [2.24, 2.45) is 5.92 Å². The highest BCUT2D eigenvalue weighted by Crippen LogP contribution is 2.28. The minimum absolute atomic E-state index is 0.0614. The number of carbonyl (C=O) groups is 2. The summed E-state index contributed by atoms with van der Waals surface area (Å²) in [4.78, 5) is 23.2. The van der Waals surface area contributed by atoms with E-state index >= 15 is 0 Å². The predicted octanol–water partition coefficient (Wildman–Crippen LogP) is 3.76. The highest BCUT2D eigenvalue weighted by atomic mass is 16.5. The first-order valence-electron chi connectivity index (χ1n) is 8.08. The Labute approximate surface area is 140 Å². The van der Waals surface area contributed by atoms with Crippen LogP contribution in [0.25, 0.3) is 21.7 Å². The first-order valence-corrected chi connectivity index (χ1v) is 8.08. The summed E-state index contributed by atoms with van der Waals surface area (Å²) in [5, 5.41) is 7.52. The average molecular weight is 324 g/mol. The number of nitrogens with zero attached hydrogens (tertiary/aromatic N) is 2. The lowest BCUT2D eigenvalue weighted by Crippen LogP contribution is -2.26. The van der Waals surface area contributed by atoms with Crippen molar-refractivity contribution in [3.05, 3.63) is 42.1 Å². The molecular formula is C19H20N2O3. The molecule has 0 bridgehead atoms. The van der Waals surface area contributed by atoms with E-state index in [1.165, 1.54) is 0 Å². The van der Waals surface area contributed by atoms with Crippen LogP contribution < -0.4 is 0 Å². The van der Waals surface area contributed by atoms with Crippen molar-refractivity contribution in [1.29, 1.82) is 0 Å². The third-order valence-electron chi connectivity index (χ3n) is 4.13. The molecule has 1 atom stereocenters. The second-order valence-electron chi connectivity index (χ2n) is 6.15. The van der Waals surface area contributed by atoms with Gasteiger partial charge in [0, 0.05) is 17.1 Å². The van der Waals surface area contributed by atoms with Crippen LogP contribution in [0.4, 0.5) is 0 Å². The van der Waals surface area contributed by atoms with Gasteiger partial charge in [-0.1, -0.05) is 32.0 Å². The molecule has 5 heteroatoms. The number of benzene rings is 2. The highest BCUT2D eigenvalue weighted by molar-refractivity contribution is 6.07. The molecule has 1 aromatic heterocycles. The Kier molecular flexibility index (Phi) is 4.34. The molecule has 124 valence electrons. The van der Waals surface area contributed by atoms with Gasteiger partial charge in [-0.15, -0.1) is 0 Å². The van der Waals surface area contributed by atoms with Gasteiger partial charge in [-0.2, -0.15) is 5.10 Å². The molecule has 0 saturated heterocycles. The number of esters is 1. The first kappa shape index (κ1) is 16.2. The van der Waals surface area contributed by atoms with E-state index < -0.39 is 6.04 Å². The fraction of sp³-hybridized carbons (Fsp3) is 0.316. The van der Waals surface area contributed by atoms with Crippen molar-refractivity contribution in [2.45, 2.75) is 26.8 Å². The van der Waals surface area contributed by atoms with Crippen LogP contribution in [0.2, 0.25) is 0 Å². The van der Waals surface area contributed by atoms with Gasteiger partial charge in [0.2, 0.25) is 0 Å². The number of hydrogen-bond donors (Lipinski definition) is 0. The highest BCUT2D eigenvalue weighted by Gasteiger charge is 2.26. The molecule has 3 aromatic rings. The summed E-state index contributed by atoms with van der Waals surface area (Å²) in [6.07, 6.45) is 2.72. The molecular weight excluding hydrogens is 304 g/mol. The van der Waals surface area contributed by atoms with E-state index in [-0.39, 0.29) is 11.9 Å². The summed E-state index contributed by atoms with van der Waals surface area (Å²) in [5.74, 6) is -0.209. The molecule has 0 N–H and O–H groups in total. The molecule has 1 heterocycles. The van der Waals surface area contributed by atoms with Gasteiger partial charge in [0.05, 0.1) is 12.1 Å². The zero-order valence-electron chi connectivity index (χ0n) is 14.0. The van der Waals surface area contributed by atoms with Gasteiger partial charge in [-0.05, 0) is 35.7 Å². The van der Waals surface area contributed by atoms with Gasteiger partial charge in [0.15, 0.2) is 6.04 Å². The Hall–Kier alpha value is -2.69. The summed E-state index contributed by atoms with van der Waals surface area (Å²) >= 11 is 0. The molecule has 0 spiro atoms. The zero-order chi connectivity index (χ0) is 17.3. The van der Waals surface area contributed by atoms with Crippen molar-refractivity contribution in [2.75, 3.05) is 6.61 Å². The van der Waals surface area contributed by atoms with Crippen molar-refractivity contribution >= 4 is 33.9 Å². The van der Waals surface area contributed by atoms with Crippen LogP contribution in [-0.4, -0.2) is 28.6 Å². The fourth-order valence-corrected chi connectivity index (χ4v) is 3.00. The standard InChI is InChI=1S/C19H20N2O3/c1-4-24-19(23)18(12(2)3)21-10-16-15-7-5-13(11-22)9-14(15)6-8-17(16)20-21/h5-12,18H,4H2,1-3H3. The van der Waals surface area contributed by atoms with E-state index in [0.29, 0.717) is 12.2 Å². The smallest absolute Gasteiger partial charge is 0.331 e. The number of rotatable bonds is 5. The molecule has 0 aliphatic heterocycles.